The summed E-state index contributed by atoms with van der Waals surface area (Å²) < 4.78 is 0. The molecule has 5 heteroatoms. The lowest BCUT2D eigenvalue weighted by molar-refractivity contribution is -0.136. The number of hydrogen-bond donors (Lipinski definition) is 2. The Kier molecular flexibility index (Phi) is 6.05. The van der Waals surface area contributed by atoms with Gasteiger partial charge in [-0.15, -0.1) is 0 Å². The lowest BCUT2D eigenvalue weighted by atomic mass is 9.87. The first-order valence-corrected chi connectivity index (χ1v) is 7.87. The van der Waals surface area contributed by atoms with Gasteiger partial charge < -0.3 is 10.6 Å². The van der Waals surface area contributed by atoms with Crippen LogP contribution in [0.25, 0.3) is 0 Å². The van der Waals surface area contributed by atoms with Crippen LogP contribution in [0.3, 0.4) is 0 Å². The van der Waals surface area contributed by atoms with Gasteiger partial charge in [-0.05, 0) is 36.6 Å². The smallest absolute Gasteiger partial charge is 0.313 e. The summed E-state index contributed by atoms with van der Waals surface area (Å²) in [5, 5.41) is 5.82. The van der Waals surface area contributed by atoms with E-state index in [0.717, 1.165) is 6.42 Å². The minimum Gasteiger partial charge on any atom is -0.348 e. The van der Waals surface area contributed by atoms with Gasteiger partial charge in [-0.3, -0.25) is 9.59 Å². The molecule has 1 saturated carbocycles. The van der Waals surface area contributed by atoms with Crippen LogP contribution < -0.4 is 10.6 Å². The maximum Gasteiger partial charge on any atom is 0.313 e. The number of carbonyl (C=O) groups excluding carboxylic acids is 2. The number of rotatable bonds is 4. The van der Waals surface area contributed by atoms with Crippen molar-refractivity contribution in [3.05, 3.63) is 29.3 Å². The second-order valence-corrected chi connectivity index (χ2v) is 5.95. The summed E-state index contributed by atoms with van der Waals surface area (Å²) in [6, 6.07) is 6.65. The number of nitrogens with one attached hydrogen (secondary N) is 2. The average Bonchev–Trinajstić information content (AvgIpc) is 2.50. The highest BCUT2D eigenvalue weighted by Crippen LogP contribution is 2.25. The molecule has 0 saturated heterocycles. The van der Waals surface area contributed by atoms with Gasteiger partial charge in [-0.1, -0.05) is 43.7 Å². The molecule has 2 N–H and O–H groups in total. The van der Waals surface area contributed by atoms with Gasteiger partial charge in [0.25, 0.3) is 0 Å². The number of halogens is 1. The third kappa shape index (κ3) is 5.38. The lowest BCUT2D eigenvalue weighted by Gasteiger charge is -2.21. The number of hydrogen-bond acceptors (Lipinski definition) is 2. The largest absolute Gasteiger partial charge is 0.348 e. The molecule has 2 amide bonds. The van der Waals surface area contributed by atoms with E-state index in [1.807, 2.05) is 0 Å². The van der Waals surface area contributed by atoms with Crippen LogP contribution in [0.4, 0.5) is 5.69 Å². The van der Waals surface area contributed by atoms with Crippen LogP contribution in [0.2, 0.25) is 5.02 Å². The highest BCUT2D eigenvalue weighted by atomic mass is 35.5. The Bertz CT molecular complexity index is 482. The van der Waals surface area contributed by atoms with Crippen molar-refractivity contribution >= 4 is 29.1 Å². The van der Waals surface area contributed by atoms with Crippen molar-refractivity contribution in [2.45, 2.75) is 38.5 Å². The van der Waals surface area contributed by atoms with Crippen molar-refractivity contribution in [1.82, 2.24) is 5.32 Å². The van der Waals surface area contributed by atoms with E-state index in [-0.39, 0.29) is 0 Å². The molecule has 21 heavy (non-hydrogen) atoms. The molecule has 1 aromatic rings. The fourth-order valence-electron chi connectivity index (χ4n) is 2.67. The van der Waals surface area contributed by atoms with E-state index in [1.54, 1.807) is 24.3 Å². The maximum atomic E-state index is 11.7. The normalized spacial score (nSPS) is 15.5. The average molecular weight is 309 g/mol. The van der Waals surface area contributed by atoms with Crippen LogP contribution in [-0.4, -0.2) is 18.4 Å². The van der Waals surface area contributed by atoms with Gasteiger partial charge in [0.05, 0.1) is 0 Å². The van der Waals surface area contributed by atoms with Crippen molar-refractivity contribution in [1.29, 1.82) is 0 Å². The first kappa shape index (κ1) is 15.8. The zero-order valence-electron chi connectivity index (χ0n) is 12.0. The number of carbonyl (C=O) groups is 2. The second kappa shape index (κ2) is 8.03. The van der Waals surface area contributed by atoms with Crippen LogP contribution >= 0.6 is 11.6 Å². The van der Waals surface area contributed by atoms with Crippen LogP contribution in [0.15, 0.2) is 24.3 Å². The Labute approximate surface area is 130 Å². The fraction of sp³-hybridized carbons (Fsp3) is 0.500. The maximum absolute atomic E-state index is 11.7. The summed E-state index contributed by atoms with van der Waals surface area (Å²) in [6.07, 6.45) is 7.34. The molecule has 1 aliphatic rings. The molecular weight excluding hydrogens is 288 g/mol. The van der Waals surface area contributed by atoms with Gasteiger partial charge in [0.1, 0.15) is 0 Å². The molecule has 0 radical (unpaired) electrons. The van der Waals surface area contributed by atoms with E-state index >= 15 is 0 Å². The summed E-state index contributed by atoms with van der Waals surface area (Å²) in [5.41, 5.74) is 0.562. The summed E-state index contributed by atoms with van der Waals surface area (Å²) in [6.45, 7) is 0.567. The number of amides is 2. The van der Waals surface area contributed by atoms with E-state index in [1.165, 1.54) is 32.1 Å². The second-order valence-electron chi connectivity index (χ2n) is 5.51. The Hall–Kier alpha value is -1.55. The van der Waals surface area contributed by atoms with E-state index < -0.39 is 11.8 Å². The Morgan fingerprint density at radius 2 is 1.71 bits per heavy atom. The quantitative estimate of drug-likeness (QED) is 0.838. The third-order valence-corrected chi connectivity index (χ3v) is 4.12. The topological polar surface area (TPSA) is 58.2 Å². The van der Waals surface area contributed by atoms with Crippen LogP contribution in [-0.2, 0) is 9.59 Å². The minimum atomic E-state index is -0.638. The van der Waals surface area contributed by atoms with Crippen LogP contribution in [0, 0.1) is 5.92 Å². The predicted octanol–water partition coefficient (Wildman–Crippen LogP) is 3.37. The van der Waals surface area contributed by atoms with Crippen LogP contribution in [0.5, 0.6) is 0 Å². The van der Waals surface area contributed by atoms with Crippen LogP contribution in [0.1, 0.15) is 38.5 Å². The molecule has 1 fully saturated rings. The molecule has 114 valence electrons. The molecule has 1 aliphatic carbocycles. The Balaban J connectivity index is 1.69. The van der Waals surface area contributed by atoms with Crippen molar-refractivity contribution in [3.63, 3.8) is 0 Å². The molecule has 1 aromatic carbocycles. The molecular formula is C16H21ClN2O2. The molecule has 0 heterocycles. The SMILES string of the molecule is O=C(NCCC1CCCCC1)C(=O)Nc1ccc(Cl)cc1. The van der Waals surface area contributed by atoms with Gasteiger partial charge in [0.2, 0.25) is 0 Å². The fourth-order valence-corrected chi connectivity index (χ4v) is 2.79. The van der Waals surface area contributed by atoms with Gasteiger partial charge in [-0.2, -0.15) is 0 Å². The lowest BCUT2D eigenvalue weighted by Crippen LogP contribution is -2.36. The zero-order valence-corrected chi connectivity index (χ0v) is 12.8. The highest BCUT2D eigenvalue weighted by molar-refractivity contribution is 6.39. The van der Waals surface area contributed by atoms with Gasteiger partial charge in [-0.25, -0.2) is 0 Å². The van der Waals surface area contributed by atoms with Crippen molar-refractivity contribution in [3.8, 4) is 0 Å². The Morgan fingerprint density at radius 3 is 2.38 bits per heavy atom. The summed E-state index contributed by atoms with van der Waals surface area (Å²) in [4.78, 5) is 23.4. The first-order valence-electron chi connectivity index (χ1n) is 7.50. The molecule has 0 aromatic heterocycles. The summed E-state index contributed by atoms with van der Waals surface area (Å²) in [7, 11) is 0. The summed E-state index contributed by atoms with van der Waals surface area (Å²) >= 11 is 5.76. The first-order chi connectivity index (χ1) is 10.1. The molecule has 0 atom stereocenters. The molecule has 0 spiro atoms. The molecule has 2 rings (SSSR count). The van der Waals surface area contributed by atoms with Gasteiger partial charge >= 0.3 is 11.8 Å². The molecule has 0 unspecified atom stereocenters. The summed E-state index contributed by atoms with van der Waals surface area (Å²) in [5.74, 6) is -0.528. The van der Waals surface area contributed by atoms with Gasteiger partial charge in [0, 0.05) is 17.3 Å². The van der Waals surface area contributed by atoms with E-state index in [9.17, 15) is 9.59 Å². The van der Waals surface area contributed by atoms with Crippen molar-refractivity contribution in [2.24, 2.45) is 5.92 Å². The zero-order chi connectivity index (χ0) is 15.1. The molecule has 0 bridgehead atoms. The van der Waals surface area contributed by atoms with E-state index in [0.29, 0.717) is 23.2 Å². The molecule has 4 nitrogen and oxygen atoms in total. The van der Waals surface area contributed by atoms with Crippen molar-refractivity contribution < 1.29 is 9.59 Å². The standard InChI is InChI=1S/C16H21ClN2O2/c17-13-6-8-14(9-7-13)19-16(21)15(20)18-11-10-12-4-2-1-3-5-12/h6-9,12H,1-5,10-11H2,(H,18,20)(H,19,21). The minimum absolute atomic E-state index is 0.562. The van der Waals surface area contributed by atoms with Gasteiger partial charge in [0.15, 0.2) is 0 Å². The number of benzene rings is 1. The number of anilines is 1. The monoisotopic (exact) mass is 308 g/mol. The van der Waals surface area contributed by atoms with Crippen molar-refractivity contribution in [2.75, 3.05) is 11.9 Å². The molecule has 0 aliphatic heterocycles. The third-order valence-electron chi connectivity index (χ3n) is 3.87. The Morgan fingerprint density at radius 1 is 1.05 bits per heavy atom. The highest BCUT2D eigenvalue weighted by Gasteiger charge is 2.16. The van der Waals surface area contributed by atoms with E-state index in [2.05, 4.69) is 10.6 Å². The van der Waals surface area contributed by atoms with E-state index in [4.69, 9.17) is 11.6 Å². The predicted molar refractivity (Wildman–Crippen MR) is 84.3 cm³/mol.